The Morgan fingerprint density at radius 1 is 1.03 bits per heavy atom. The molecule has 0 amide bonds. The first-order chi connectivity index (χ1) is 14.3. The summed E-state index contributed by atoms with van der Waals surface area (Å²) in [6, 6.07) is 12.3. The van der Waals surface area contributed by atoms with Crippen molar-refractivity contribution in [2.45, 2.75) is 32.4 Å². The Balaban J connectivity index is 1.49. The van der Waals surface area contributed by atoms with Crippen molar-refractivity contribution >= 4 is 11.0 Å². The van der Waals surface area contributed by atoms with E-state index in [4.69, 9.17) is 13.6 Å². The summed E-state index contributed by atoms with van der Waals surface area (Å²) < 4.78 is 55.4. The van der Waals surface area contributed by atoms with Crippen LogP contribution in [0.2, 0.25) is 0 Å². The number of alkyl halides is 3. The second-order valence-electron chi connectivity index (χ2n) is 7.28. The summed E-state index contributed by atoms with van der Waals surface area (Å²) in [6.07, 6.45) is -2.27. The molecule has 156 valence electrons. The molecule has 2 heterocycles. The number of rotatable bonds is 6. The van der Waals surface area contributed by atoms with Crippen LogP contribution in [-0.4, -0.2) is 11.6 Å². The van der Waals surface area contributed by atoms with Crippen LogP contribution in [0.4, 0.5) is 13.2 Å². The maximum atomic E-state index is 12.8. The lowest BCUT2D eigenvalue weighted by molar-refractivity contribution is -0.137. The Bertz CT molecular complexity index is 1140. The predicted octanol–water partition coefficient (Wildman–Crippen LogP) is 6.85. The molecular formula is C23H20F3NO3. The van der Waals surface area contributed by atoms with E-state index in [9.17, 15) is 13.2 Å². The molecule has 0 radical (unpaired) electrons. The lowest BCUT2D eigenvalue weighted by Gasteiger charge is -2.07. The summed E-state index contributed by atoms with van der Waals surface area (Å²) in [4.78, 5) is 4.51. The molecule has 0 saturated heterocycles. The van der Waals surface area contributed by atoms with E-state index in [1.165, 1.54) is 12.1 Å². The molecule has 0 bridgehead atoms. The van der Waals surface area contributed by atoms with Crippen LogP contribution >= 0.6 is 0 Å². The van der Waals surface area contributed by atoms with Crippen LogP contribution < -0.4 is 4.74 Å². The first-order valence-electron chi connectivity index (χ1n) is 9.58. The summed E-state index contributed by atoms with van der Waals surface area (Å²) in [6.45, 7) is 4.35. The van der Waals surface area contributed by atoms with Crippen molar-refractivity contribution in [3.8, 4) is 17.2 Å². The molecule has 0 fully saturated rings. The second-order valence-corrected chi connectivity index (χ2v) is 7.28. The highest BCUT2D eigenvalue weighted by atomic mass is 19.4. The number of halogens is 3. The Kier molecular flexibility index (Phi) is 5.28. The second kappa shape index (κ2) is 7.89. The van der Waals surface area contributed by atoms with Gasteiger partial charge in [-0.15, -0.1) is 0 Å². The monoisotopic (exact) mass is 415 g/mol. The number of hydrogen-bond acceptors (Lipinski definition) is 4. The normalized spacial score (nSPS) is 12.1. The summed E-state index contributed by atoms with van der Waals surface area (Å²) in [5, 5.41) is 1.00. The lowest BCUT2D eigenvalue weighted by atomic mass is 10.1. The molecule has 4 rings (SSSR count). The van der Waals surface area contributed by atoms with Crippen molar-refractivity contribution in [3.05, 3.63) is 71.8 Å². The molecular weight excluding hydrogens is 395 g/mol. The molecule has 4 aromatic rings. The molecule has 0 N–H and O–H groups in total. The fourth-order valence-electron chi connectivity index (χ4n) is 3.21. The minimum Gasteiger partial charge on any atom is -0.493 e. The zero-order valence-corrected chi connectivity index (χ0v) is 16.5. The molecule has 7 heteroatoms. The maximum absolute atomic E-state index is 12.8. The van der Waals surface area contributed by atoms with Gasteiger partial charge in [-0.2, -0.15) is 13.2 Å². The van der Waals surface area contributed by atoms with Gasteiger partial charge in [-0.3, -0.25) is 0 Å². The molecule has 0 spiro atoms. The number of fused-ring (bicyclic) bond motifs is 1. The predicted molar refractivity (Wildman–Crippen MR) is 106 cm³/mol. The highest BCUT2D eigenvalue weighted by Crippen LogP contribution is 2.32. The summed E-state index contributed by atoms with van der Waals surface area (Å²) >= 11 is 0. The summed E-state index contributed by atoms with van der Waals surface area (Å²) in [5.41, 5.74) is 1.32. The topological polar surface area (TPSA) is 48.4 Å². The van der Waals surface area contributed by atoms with Gasteiger partial charge in [-0.05, 0) is 48.4 Å². The van der Waals surface area contributed by atoms with Gasteiger partial charge in [0.15, 0.2) is 0 Å². The molecule has 0 aliphatic heterocycles. The maximum Gasteiger partial charge on any atom is 0.416 e. The highest BCUT2D eigenvalue weighted by Gasteiger charge is 2.30. The highest BCUT2D eigenvalue weighted by molar-refractivity contribution is 5.78. The quantitative estimate of drug-likeness (QED) is 0.345. The number of oxazole rings is 1. The molecule has 0 atom stereocenters. The Morgan fingerprint density at radius 3 is 2.50 bits per heavy atom. The third-order valence-electron chi connectivity index (χ3n) is 4.76. The zero-order chi connectivity index (χ0) is 21.3. The lowest BCUT2D eigenvalue weighted by Crippen LogP contribution is -2.04. The molecule has 30 heavy (non-hydrogen) atoms. The Morgan fingerprint density at radius 2 is 1.80 bits per heavy atom. The van der Waals surface area contributed by atoms with Crippen molar-refractivity contribution < 1.29 is 26.7 Å². The molecule has 0 unspecified atom stereocenters. The van der Waals surface area contributed by atoms with E-state index in [1.54, 1.807) is 6.26 Å². The standard InChI is InChI=1S/C23H20F3NO3/c1-14(2)21-19(10-12-28-18-8-5-15-9-11-29-20(15)13-18)30-22(27-21)16-3-6-17(7-4-16)23(24,25)26/h3-9,11,13-14H,10,12H2,1-2H3. The van der Waals surface area contributed by atoms with Crippen molar-refractivity contribution in [1.82, 2.24) is 4.98 Å². The number of benzene rings is 2. The van der Waals surface area contributed by atoms with Gasteiger partial charge < -0.3 is 13.6 Å². The molecule has 0 saturated carbocycles. The largest absolute Gasteiger partial charge is 0.493 e. The van der Waals surface area contributed by atoms with Gasteiger partial charge in [-0.25, -0.2) is 4.98 Å². The minimum absolute atomic E-state index is 0.103. The zero-order valence-electron chi connectivity index (χ0n) is 16.5. The summed E-state index contributed by atoms with van der Waals surface area (Å²) in [7, 11) is 0. The fraction of sp³-hybridized carbons (Fsp3) is 0.261. The van der Waals surface area contributed by atoms with Gasteiger partial charge in [0, 0.05) is 23.4 Å². The van der Waals surface area contributed by atoms with E-state index in [0.717, 1.165) is 28.8 Å². The summed E-state index contributed by atoms with van der Waals surface area (Å²) in [5.74, 6) is 1.76. The van der Waals surface area contributed by atoms with Crippen LogP contribution in [0.15, 0.2) is 63.6 Å². The van der Waals surface area contributed by atoms with Crippen LogP contribution in [0, 0.1) is 0 Å². The number of furan rings is 1. The fourth-order valence-corrected chi connectivity index (χ4v) is 3.21. The SMILES string of the molecule is CC(C)c1nc(-c2ccc(C(F)(F)F)cc2)oc1CCOc1ccc2ccoc2c1. The minimum atomic E-state index is -4.38. The van der Waals surface area contributed by atoms with Gasteiger partial charge in [0.25, 0.3) is 0 Å². The van der Waals surface area contributed by atoms with E-state index >= 15 is 0 Å². The van der Waals surface area contributed by atoms with Crippen LogP contribution in [0.3, 0.4) is 0 Å². The van der Waals surface area contributed by atoms with Gasteiger partial charge in [0.1, 0.15) is 17.1 Å². The number of hydrogen-bond donors (Lipinski definition) is 0. The molecule has 4 nitrogen and oxygen atoms in total. The number of ether oxygens (including phenoxy) is 1. The van der Waals surface area contributed by atoms with E-state index in [-0.39, 0.29) is 5.92 Å². The number of nitrogens with zero attached hydrogens (tertiary/aromatic N) is 1. The molecule has 0 aliphatic carbocycles. The van der Waals surface area contributed by atoms with Crippen molar-refractivity contribution in [1.29, 1.82) is 0 Å². The third kappa shape index (κ3) is 4.20. The van der Waals surface area contributed by atoms with Crippen LogP contribution in [-0.2, 0) is 12.6 Å². The van der Waals surface area contributed by atoms with E-state index < -0.39 is 11.7 Å². The molecule has 0 aliphatic rings. The Labute approximate surface area is 171 Å². The van der Waals surface area contributed by atoms with E-state index in [0.29, 0.717) is 36.0 Å². The van der Waals surface area contributed by atoms with Crippen molar-refractivity contribution in [2.75, 3.05) is 6.61 Å². The van der Waals surface area contributed by atoms with Crippen molar-refractivity contribution in [3.63, 3.8) is 0 Å². The number of aromatic nitrogens is 1. The van der Waals surface area contributed by atoms with Gasteiger partial charge in [0.05, 0.1) is 24.1 Å². The smallest absolute Gasteiger partial charge is 0.416 e. The molecule has 2 aromatic heterocycles. The molecule has 2 aromatic carbocycles. The van der Waals surface area contributed by atoms with Crippen LogP contribution in [0.25, 0.3) is 22.4 Å². The van der Waals surface area contributed by atoms with Gasteiger partial charge in [-0.1, -0.05) is 13.8 Å². The van der Waals surface area contributed by atoms with E-state index in [2.05, 4.69) is 4.98 Å². The average molecular weight is 415 g/mol. The first-order valence-corrected chi connectivity index (χ1v) is 9.58. The van der Waals surface area contributed by atoms with E-state index in [1.807, 2.05) is 38.1 Å². The van der Waals surface area contributed by atoms with Crippen LogP contribution in [0.5, 0.6) is 5.75 Å². The van der Waals surface area contributed by atoms with Crippen molar-refractivity contribution in [2.24, 2.45) is 0 Å². The third-order valence-corrected chi connectivity index (χ3v) is 4.76. The first kappa shape index (κ1) is 20.1. The van der Waals surface area contributed by atoms with Crippen LogP contribution in [0.1, 0.15) is 36.8 Å². The average Bonchev–Trinajstić information content (AvgIpc) is 3.34. The van der Waals surface area contributed by atoms with Gasteiger partial charge >= 0.3 is 6.18 Å². The Hall–Kier alpha value is -3.22. The van der Waals surface area contributed by atoms with Gasteiger partial charge in [0.2, 0.25) is 5.89 Å².